The van der Waals surface area contributed by atoms with Crippen LogP contribution in [0.1, 0.15) is 11.1 Å². The predicted molar refractivity (Wildman–Crippen MR) is 76.9 cm³/mol. The van der Waals surface area contributed by atoms with E-state index in [4.69, 9.17) is 4.74 Å². The number of benzene rings is 1. The van der Waals surface area contributed by atoms with Gasteiger partial charge in [-0.3, -0.25) is 4.68 Å². The molecule has 1 heterocycles. The van der Waals surface area contributed by atoms with E-state index in [1.807, 2.05) is 55.7 Å². The minimum absolute atomic E-state index is 0.277. The summed E-state index contributed by atoms with van der Waals surface area (Å²) in [5, 5.41) is 6.70. The van der Waals surface area contributed by atoms with Crippen molar-refractivity contribution in [2.75, 3.05) is 6.54 Å². The van der Waals surface area contributed by atoms with E-state index in [1.165, 1.54) is 0 Å². The zero-order valence-corrected chi connectivity index (χ0v) is 11.3. The Kier molecular flexibility index (Phi) is 4.94. The van der Waals surface area contributed by atoms with Gasteiger partial charge in [-0.25, -0.2) is 4.79 Å². The zero-order valence-electron chi connectivity index (χ0n) is 11.3. The zero-order chi connectivity index (χ0) is 14.2. The van der Waals surface area contributed by atoms with Gasteiger partial charge in [0.25, 0.3) is 0 Å². The molecule has 0 bridgehead atoms. The van der Waals surface area contributed by atoms with E-state index >= 15 is 0 Å². The summed E-state index contributed by atoms with van der Waals surface area (Å²) in [4.78, 5) is 11.4. The van der Waals surface area contributed by atoms with E-state index in [9.17, 15) is 4.79 Å². The molecule has 0 spiro atoms. The van der Waals surface area contributed by atoms with Crippen LogP contribution in [-0.4, -0.2) is 22.4 Å². The molecule has 1 aromatic heterocycles. The second-order valence-corrected chi connectivity index (χ2v) is 4.29. The highest BCUT2D eigenvalue weighted by Crippen LogP contribution is 2.01. The largest absolute Gasteiger partial charge is 0.445 e. The Hall–Kier alpha value is -2.56. The molecule has 5 nitrogen and oxygen atoms in total. The first-order chi connectivity index (χ1) is 9.74. The fourth-order valence-electron chi connectivity index (χ4n) is 1.64. The molecule has 1 amide bonds. The summed E-state index contributed by atoms with van der Waals surface area (Å²) in [5.41, 5.74) is 1.96. The lowest BCUT2D eigenvalue weighted by Crippen LogP contribution is -2.24. The molecule has 0 saturated carbocycles. The number of alkyl carbamates (subject to hydrolysis) is 1. The average molecular weight is 271 g/mol. The molecule has 0 saturated heterocycles. The highest BCUT2D eigenvalue weighted by Gasteiger charge is 2.00. The van der Waals surface area contributed by atoms with Gasteiger partial charge in [-0.15, -0.1) is 0 Å². The molecule has 2 rings (SSSR count). The van der Waals surface area contributed by atoms with Gasteiger partial charge in [0, 0.05) is 25.4 Å². The monoisotopic (exact) mass is 271 g/mol. The number of ether oxygens (including phenoxy) is 1. The van der Waals surface area contributed by atoms with Crippen LogP contribution in [0.2, 0.25) is 0 Å². The Bertz CT molecular complexity index is 576. The van der Waals surface area contributed by atoms with Crippen LogP contribution >= 0.6 is 0 Å². The number of aromatic nitrogens is 2. The number of nitrogens with zero attached hydrogens (tertiary/aromatic N) is 2. The van der Waals surface area contributed by atoms with E-state index in [0.29, 0.717) is 6.54 Å². The van der Waals surface area contributed by atoms with E-state index in [0.717, 1.165) is 11.1 Å². The number of hydrogen-bond donors (Lipinski definition) is 1. The Morgan fingerprint density at radius 3 is 2.90 bits per heavy atom. The summed E-state index contributed by atoms with van der Waals surface area (Å²) in [6, 6.07) is 9.57. The van der Waals surface area contributed by atoms with E-state index in [2.05, 4.69) is 10.4 Å². The first-order valence-corrected chi connectivity index (χ1v) is 6.34. The molecule has 2 aromatic rings. The van der Waals surface area contributed by atoms with Gasteiger partial charge in [0.15, 0.2) is 0 Å². The third-order valence-corrected chi connectivity index (χ3v) is 2.61. The Labute approximate surface area is 117 Å². The Morgan fingerprint density at radius 1 is 1.40 bits per heavy atom. The second-order valence-electron chi connectivity index (χ2n) is 4.29. The molecular formula is C15H17N3O2. The number of nitrogens with one attached hydrogen (secondary N) is 1. The molecule has 1 aromatic carbocycles. The minimum Gasteiger partial charge on any atom is -0.445 e. The van der Waals surface area contributed by atoms with Crippen molar-refractivity contribution in [3.8, 4) is 0 Å². The van der Waals surface area contributed by atoms with Crippen molar-refractivity contribution in [1.82, 2.24) is 15.1 Å². The molecule has 0 fully saturated rings. The molecule has 5 heteroatoms. The molecule has 0 radical (unpaired) electrons. The lowest BCUT2D eigenvalue weighted by Gasteiger charge is -2.04. The topological polar surface area (TPSA) is 56.2 Å². The van der Waals surface area contributed by atoms with Crippen molar-refractivity contribution in [1.29, 1.82) is 0 Å². The van der Waals surface area contributed by atoms with Crippen molar-refractivity contribution >= 4 is 12.2 Å². The number of carbonyl (C=O) groups excluding carboxylic acids is 1. The maximum absolute atomic E-state index is 11.4. The predicted octanol–water partition coefficient (Wildman–Crippen LogP) is 2.36. The molecule has 104 valence electrons. The highest BCUT2D eigenvalue weighted by molar-refractivity contribution is 5.67. The minimum atomic E-state index is -0.426. The van der Waals surface area contributed by atoms with Crippen molar-refractivity contribution in [2.45, 2.75) is 6.61 Å². The van der Waals surface area contributed by atoms with Crippen LogP contribution < -0.4 is 5.32 Å². The third kappa shape index (κ3) is 4.61. The number of aryl methyl sites for hydroxylation is 1. The first kappa shape index (κ1) is 13.9. The fourth-order valence-corrected chi connectivity index (χ4v) is 1.64. The van der Waals surface area contributed by atoms with Gasteiger partial charge in [-0.1, -0.05) is 42.5 Å². The van der Waals surface area contributed by atoms with Crippen LogP contribution in [0, 0.1) is 0 Å². The third-order valence-electron chi connectivity index (χ3n) is 2.61. The van der Waals surface area contributed by atoms with Crippen molar-refractivity contribution in [3.63, 3.8) is 0 Å². The molecule has 0 aliphatic heterocycles. The molecule has 1 N–H and O–H groups in total. The fraction of sp³-hybridized carbons (Fsp3) is 0.200. The summed E-state index contributed by atoms with van der Waals surface area (Å²) in [7, 11) is 1.86. The van der Waals surface area contributed by atoms with E-state index < -0.39 is 6.09 Å². The van der Waals surface area contributed by atoms with Gasteiger partial charge in [0.2, 0.25) is 0 Å². The summed E-state index contributed by atoms with van der Waals surface area (Å²) in [6.45, 7) is 0.696. The van der Waals surface area contributed by atoms with Gasteiger partial charge in [-0.05, 0) is 5.56 Å². The summed E-state index contributed by atoms with van der Waals surface area (Å²) < 4.78 is 6.81. The number of amides is 1. The lowest BCUT2D eigenvalue weighted by molar-refractivity contribution is 0.141. The van der Waals surface area contributed by atoms with Gasteiger partial charge in [-0.2, -0.15) is 5.10 Å². The smallest absolute Gasteiger partial charge is 0.407 e. The van der Waals surface area contributed by atoms with Crippen LogP contribution in [0.15, 0.2) is 48.8 Å². The molecule has 20 heavy (non-hydrogen) atoms. The number of rotatable bonds is 5. The van der Waals surface area contributed by atoms with Gasteiger partial charge < -0.3 is 10.1 Å². The summed E-state index contributed by atoms with van der Waals surface area (Å²) >= 11 is 0. The average Bonchev–Trinajstić information content (AvgIpc) is 2.88. The molecular weight excluding hydrogens is 254 g/mol. The Morgan fingerprint density at radius 2 is 2.20 bits per heavy atom. The maximum Gasteiger partial charge on any atom is 0.407 e. The lowest BCUT2D eigenvalue weighted by atomic mass is 10.2. The van der Waals surface area contributed by atoms with Crippen LogP contribution in [0.25, 0.3) is 6.08 Å². The van der Waals surface area contributed by atoms with Gasteiger partial charge >= 0.3 is 6.09 Å². The summed E-state index contributed by atoms with van der Waals surface area (Å²) in [5.74, 6) is 0. The van der Waals surface area contributed by atoms with Gasteiger partial charge in [0.1, 0.15) is 6.61 Å². The number of hydrogen-bond acceptors (Lipinski definition) is 3. The van der Waals surface area contributed by atoms with Crippen LogP contribution in [0.4, 0.5) is 4.79 Å². The summed E-state index contributed by atoms with van der Waals surface area (Å²) in [6.07, 6.45) is 6.96. The van der Waals surface area contributed by atoms with Crippen molar-refractivity contribution in [3.05, 3.63) is 59.9 Å². The van der Waals surface area contributed by atoms with Crippen LogP contribution in [-0.2, 0) is 18.4 Å². The van der Waals surface area contributed by atoms with Crippen molar-refractivity contribution in [2.24, 2.45) is 7.05 Å². The highest BCUT2D eigenvalue weighted by atomic mass is 16.5. The van der Waals surface area contributed by atoms with E-state index in [1.54, 1.807) is 10.9 Å². The molecule has 0 aliphatic rings. The molecule has 0 aliphatic carbocycles. The Balaban J connectivity index is 1.66. The standard InChI is InChI=1S/C15H17N3O2/c1-18-11-14(10-17-18)8-5-9-16-15(19)20-12-13-6-3-2-4-7-13/h2-8,10-11H,9,12H2,1H3,(H,16,19). The van der Waals surface area contributed by atoms with Gasteiger partial charge in [0.05, 0.1) is 6.20 Å². The quantitative estimate of drug-likeness (QED) is 0.908. The first-order valence-electron chi connectivity index (χ1n) is 6.34. The SMILES string of the molecule is Cn1cc(C=CCNC(=O)OCc2ccccc2)cn1. The molecule has 0 unspecified atom stereocenters. The number of carbonyl (C=O) groups is 1. The van der Waals surface area contributed by atoms with Crippen LogP contribution in [0.3, 0.4) is 0 Å². The van der Waals surface area contributed by atoms with Crippen molar-refractivity contribution < 1.29 is 9.53 Å². The van der Waals surface area contributed by atoms with E-state index in [-0.39, 0.29) is 6.61 Å². The normalized spacial score (nSPS) is 10.7. The van der Waals surface area contributed by atoms with Crippen LogP contribution in [0.5, 0.6) is 0 Å². The maximum atomic E-state index is 11.4. The molecule has 0 atom stereocenters. The second kappa shape index (κ2) is 7.13.